The zero-order valence-corrected chi connectivity index (χ0v) is 26.9. The number of fused-ring (bicyclic) bond motifs is 2. The molecular weight excluding hydrogens is 563 g/mol. The number of nitrogens with zero attached hydrogens (tertiary/aromatic N) is 3. The first-order valence-electron chi connectivity index (χ1n) is 16.7. The van der Waals surface area contributed by atoms with Crippen LogP contribution in [0.1, 0.15) is 121 Å². The van der Waals surface area contributed by atoms with E-state index in [9.17, 15) is 20.1 Å². The summed E-state index contributed by atoms with van der Waals surface area (Å²) in [5.41, 5.74) is 0.115. The van der Waals surface area contributed by atoms with Gasteiger partial charge in [-0.2, -0.15) is 10.5 Å². The first-order chi connectivity index (χ1) is 21.6. The first-order valence-corrected chi connectivity index (χ1v) is 17.5. The number of benzene rings is 3. The zero-order valence-electron chi connectivity index (χ0n) is 26.1. The molecule has 0 fully saturated rings. The fourth-order valence-corrected chi connectivity index (χ4v) is 7.94. The molecule has 3 aromatic carbocycles. The van der Waals surface area contributed by atoms with E-state index in [2.05, 4.69) is 19.1 Å². The second-order valence-electron chi connectivity index (χ2n) is 12.3. The topological polar surface area (TPSA) is 86.7 Å². The molecule has 0 spiro atoms. The lowest BCUT2D eigenvalue weighted by atomic mass is 9.92. The third kappa shape index (κ3) is 6.67. The molecule has 0 atom stereocenters. The number of aromatic nitrogens is 1. The first kappa shape index (κ1) is 31.7. The van der Waals surface area contributed by atoms with Crippen LogP contribution in [-0.2, 0) is 6.54 Å². The summed E-state index contributed by atoms with van der Waals surface area (Å²) in [6.07, 6.45) is 20.2. The van der Waals surface area contributed by atoms with Crippen molar-refractivity contribution in [1.82, 2.24) is 4.57 Å². The lowest BCUT2D eigenvalue weighted by Crippen LogP contribution is -2.33. The quantitative estimate of drug-likeness (QED) is 0.0599. The molecule has 0 aliphatic rings. The van der Waals surface area contributed by atoms with Crippen LogP contribution in [0.15, 0.2) is 46.0 Å². The van der Waals surface area contributed by atoms with Crippen molar-refractivity contribution in [2.45, 2.75) is 116 Å². The van der Waals surface area contributed by atoms with Gasteiger partial charge in [0, 0.05) is 32.8 Å². The maximum absolute atomic E-state index is 13.7. The molecule has 0 unspecified atom stereocenters. The summed E-state index contributed by atoms with van der Waals surface area (Å²) in [5.74, 6) is 0. The lowest BCUT2D eigenvalue weighted by Gasteiger charge is -2.16. The van der Waals surface area contributed by atoms with Crippen LogP contribution in [0.5, 0.6) is 0 Å². The van der Waals surface area contributed by atoms with Crippen molar-refractivity contribution >= 4 is 53.1 Å². The number of nitriles is 2. The second-order valence-corrected chi connectivity index (χ2v) is 13.3. The van der Waals surface area contributed by atoms with Crippen molar-refractivity contribution in [2.75, 3.05) is 0 Å². The van der Waals surface area contributed by atoms with Crippen LogP contribution in [0.2, 0.25) is 0 Å². The minimum absolute atomic E-state index is 0.342. The van der Waals surface area contributed by atoms with E-state index in [1.165, 1.54) is 99.4 Å². The Morgan fingerprint density at radius 1 is 0.614 bits per heavy atom. The van der Waals surface area contributed by atoms with Gasteiger partial charge in [-0.1, -0.05) is 121 Å². The smallest absolute Gasteiger partial charge is 0.261 e. The van der Waals surface area contributed by atoms with Gasteiger partial charge in [-0.15, -0.1) is 11.3 Å². The summed E-state index contributed by atoms with van der Waals surface area (Å²) in [5, 5.41) is 23.8. The minimum atomic E-state index is -0.342. The molecule has 0 aliphatic heterocycles. The molecular formula is C38H43N3O2S. The molecule has 0 saturated heterocycles. The van der Waals surface area contributed by atoms with Crippen molar-refractivity contribution in [1.29, 1.82) is 10.5 Å². The summed E-state index contributed by atoms with van der Waals surface area (Å²) in [6, 6.07) is 15.7. The van der Waals surface area contributed by atoms with Crippen LogP contribution in [0.25, 0.3) is 41.7 Å². The number of pyridine rings is 1. The van der Waals surface area contributed by atoms with Crippen molar-refractivity contribution in [2.24, 2.45) is 0 Å². The Hall–Kier alpha value is -3.74. The Balaban J connectivity index is 1.22. The van der Waals surface area contributed by atoms with Gasteiger partial charge in [0.2, 0.25) is 0 Å². The van der Waals surface area contributed by atoms with Crippen LogP contribution in [0.3, 0.4) is 0 Å². The molecule has 0 N–H and O–H groups in total. The van der Waals surface area contributed by atoms with E-state index in [0.717, 1.165) is 29.3 Å². The van der Waals surface area contributed by atoms with Crippen molar-refractivity contribution < 1.29 is 0 Å². The average molecular weight is 606 g/mol. The van der Waals surface area contributed by atoms with E-state index in [1.54, 1.807) is 12.1 Å². The molecule has 0 saturated carbocycles. The van der Waals surface area contributed by atoms with Gasteiger partial charge in [0.1, 0.15) is 6.07 Å². The van der Waals surface area contributed by atoms with Gasteiger partial charge in [0.05, 0.1) is 32.7 Å². The van der Waals surface area contributed by atoms with Gasteiger partial charge in [-0.3, -0.25) is 14.2 Å². The third-order valence-electron chi connectivity index (χ3n) is 9.15. The summed E-state index contributed by atoms with van der Waals surface area (Å²) in [6.45, 7) is 2.62. The van der Waals surface area contributed by atoms with Crippen LogP contribution in [0.4, 0.5) is 0 Å². The van der Waals surface area contributed by atoms with E-state index in [1.807, 2.05) is 24.3 Å². The molecule has 5 aromatic rings. The van der Waals surface area contributed by atoms with Crippen molar-refractivity contribution in [3.8, 4) is 12.1 Å². The highest BCUT2D eigenvalue weighted by Crippen LogP contribution is 2.42. The SMILES string of the molecule is CCCCCCCCCCCCCCCCCCn1c(=O)c2cc(C#N)c3sc4ccccc4c4c(C#N)cc(c1=O)c2c34. The third-order valence-corrected chi connectivity index (χ3v) is 10.4. The Kier molecular flexibility index (Phi) is 11.0. The highest BCUT2D eigenvalue weighted by Gasteiger charge is 2.23. The highest BCUT2D eigenvalue weighted by atomic mass is 32.1. The molecule has 0 bridgehead atoms. The molecule has 0 aliphatic carbocycles. The Bertz CT molecular complexity index is 1910. The van der Waals surface area contributed by atoms with E-state index >= 15 is 0 Å². The van der Waals surface area contributed by atoms with E-state index in [0.29, 0.717) is 49.3 Å². The summed E-state index contributed by atoms with van der Waals surface area (Å²) in [4.78, 5) is 27.5. The largest absolute Gasteiger partial charge is 0.274 e. The predicted molar refractivity (Wildman–Crippen MR) is 185 cm³/mol. The normalized spacial score (nSPS) is 11.6. The van der Waals surface area contributed by atoms with Crippen LogP contribution in [0, 0.1) is 22.7 Å². The van der Waals surface area contributed by atoms with Crippen LogP contribution in [-0.4, -0.2) is 4.57 Å². The lowest BCUT2D eigenvalue weighted by molar-refractivity contribution is 0.517. The maximum atomic E-state index is 13.7. The second kappa shape index (κ2) is 15.3. The van der Waals surface area contributed by atoms with Gasteiger partial charge in [0.15, 0.2) is 0 Å². The Labute approximate surface area is 264 Å². The molecule has 2 heterocycles. The molecule has 6 heteroatoms. The summed E-state index contributed by atoms with van der Waals surface area (Å²) in [7, 11) is 0. The molecule has 228 valence electrons. The fourth-order valence-electron chi connectivity index (χ4n) is 6.78. The highest BCUT2D eigenvalue weighted by molar-refractivity contribution is 7.25. The van der Waals surface area contributed by atoms with Crippen molar-refractivity contribution in [3.05, 3.63) is 68.2 Å². The maximum Gasteiger partial charge on any atom is 0.261 e. The average Bonchev–Trinajstić information content (AvgIpc) is 3.05. The van der Waals surface area contributed by atoms with Gasteiger partial charge in [0.25, 0.3) is 11.1 Å². The van der Waals surface area contributed by atoms with Gasteiger partial charge >= 0.3 is 0 Å². The summed E-state index contributed by atoms with van der Waals surface area (Å²) < 4.78 is 3.00. The zero-order chi connectivity index (χ0) is 30.9. The molecule has 44 heavy (non-hydrogen) atoms. The predicted octanol–water partition coefficient (Wildman–Crippen LogP) is 10.3. The minimum Gasteiger partial charge on any atom is -0.274 e. The van der Waals surface area contributed by atoms with E-state index in [4.69, 9.17) is 0 Å². The fraction of sp³-hybridized carbons (Fsp3) is 0.474. The number of rotatable bonds is 17. The molecule has 0 amide bonds. The van der Waals surface area contributed by atoms with Gasteiger partial charge in [-0.05, 0) is 24.6 Å². The van der Waals surface area contributed by atoms with Crippen LogP contribution < -0.4 is 11.1 Å². The number of hydrogen-bond acceptors (Lipinski definition) is 5. The number of unbranched alkanes of at least 4 members (excludes halogenated alkanes) is 15. The monoisotopic (exact) mass is 605 g/mol. The standard InChI is InChI=1S/C38H43N3O2S/c1-2-3-4-5-6-7-8-9-10-11-12-13-14-15-16-19-22-41-37(42)30-23-27(25-39)33-29-20-17-18-21-32(29)44-36-28(26-40)24-31(38(41)43)34(30)35(33)36/h17-18,20-21,23-24H,2-16,19,22H2,1H3. The molecule has 5 rings (SSSR count). The molecule has 0 radical (unpaired) electrons. The molecule has 2 aromatic heterocycles. The number of hydrogen-bond donors (Lipinski definition) is 0. The van der Waals surface area contributed by atoms with Gasteiger partial charge in [-0.25, -0.2) is 0 Å². The Morgan fingerprint density at radius 2 is 1.11 bits per heavy atom. The Morgan fingerprint density at radius 3 is 1.66 bits per heavy atom. The summed E-state index contributed by atoms with van der Waals surface area (Å²) >= 11 is 1.47. The van der Waals surface area contributed by atoms with E-state index < -0.39 is 0 Å². The van der Waals surface area contributed by atoms with Gasteiger partial charge < -0.3 is 0 Å². The van der Waals surface area contributed by atoms with E-state index in [-0.39, 0.29) is 11.1 Å². The van der Waals surface area contributed by atoms with Crippen LogP contribution >= 0.6 is 11.3 Å². The molecule has 5 nitrogen and oxygen atoms in total. The van der Waals surface area contributed by atoms with Crippen molar-refractivity contribution in [3.63, 3.8) is 0 Å².